The van der Waals surface area contributed by atoms with Gasteiger partial charge in [-0.25, -0.2) is 4.39 Å². The van der Waals surface area contributed by atoms with Crippen LogP contribution in [-0.2, 0) is 13.0 Å². The average molecular weight is 312 g/mol. The standard InChI is InChI=1S/C16H16Cl2FN/c1-11-8-12(2-5-16(11)19)10-20-7-6-13-3-4-14(17)9-15(13)18/h2-5,8-9,20H,6-7,10H2,1H3. The maximum Gasteiger partial charge on any atom is 0.126 e. The van der Waals surface area contributed by atoms with Crippen LogP contribution in [-0.4, -0.2) is 6.54 Å². The van der Waals surface area contributed by atoms with Gasteiger partial charge in [-0.2, -0.15) is 0 Å². The molecule has 0 radical (unpaired) electrons. The quantitative estimate of drug-likeness (QED) is 0.784. The van der Waals surface area contributed by atoms with Crippen molar-refractivity contribution in [1.82, 2.24) is 5.32 Å². The van der Waals surface area contributed by atoms with E-state index < -0.39 is 0 Å². The third kappa shape index (κ3) is 4.20. The van der Waals surface area contributed by atoms with Gasteiger partial charge in [0.1, 0.15) is 5.82 Å². The van der Waals surface area contributed by atoms with Gasteiger partial charge in [0.15, 0.2) is 0 Å². The molecule has 0 fully saturated rings. The van der Waals surface area contributed by atoms with Crippen molar-refractivity contribution in [2.75, 3.05) is 6.54 Å². The topological polar surface area (TPSA) is 12.0 Å². The number of hydrogen-bond acceptors (Lipinski definition) is 1. The van der Waals surface area contributed by atoms with Crippen LogP contribution in [0.25, 0.3) is 0 Å². The zero-order chi connectivity index (χ0) is 14.5. The van der Waals surface area contributed by atoms with Gasteiger partial charge >= 0.3 is 0 Å². The molecule has 106 valence electrons. The average Bonchev–Trinajstić information content (AvgIpc) is 2.40. The largest absolute Gasteiger partial charge is 0.312 e. The molecule has 20 heavy (non-hydrogen) atoms. The highest BCUT2D eigenvalue weighted by atomic mass is 35.5. The van der Waals surface area contributed by atoms with E-state index in [1.165, 1.54) is 6.07 Å². The summed E-state index contributed by atoms with van der Waals surface area (Å²) >= 11 is 12.0. The van der Waals surface area contributed by atoms with Crippen LogP contribution in [0, 0.1) is 12.7 Å². The molecule has 0 bridgehead atoms. The Morgan fingerprint density at radius 3 is 2.60 bits per heavy atom. The summed E-state index contributed by atoms with van der Waals surface area (Å²) in [5, 5.41) is 4.66. The van der Waals surface area contributed by atoms with Crippen molar-refractivity contribution in [2.45, 2.75) is 19.9 Å². The van der Waals surface area contributed by atoms with Crippen molar-refractivity contribution < 1.29 is 4.39 Å². The van der Waals surface area contributed by atoms with Gasteiger partial charge in [-0.1, -0.05) is 41.4 Å². The number of halogens is 3. The van der Waals surface area contributed by atoms with E-state index in [0.29, 0.717) is 22.2 Å². The molecule has 1 nitrogen and oxygen atoms in total. The van der Waals surface area contributed by atoms with Gasteiger partial charge in [0.2, 0.25) is 0 Å². The first-order valence-corrected chi connectivity index (χ1v) is 7.21. The Labute approximate surface area is 128 Å². The van der Waals surface area contributed by atoms with Crippen LogP contribution in [0.4, 0.5) is 4.39 Å². The van der Waals surface area contributed by atoms with E-state index >= 15 is 0 Å². The summed E-state index contributed by atoms with van der Waals surface area (Å²) in [7, 11) is 0. The highest BCUT2D eigenvalue weighted by Gasteiger charge is 2.02. The van der Waals surface area contributed by atoms with Crippen molar-refractivity contribution in [1.29, 1.82) is 0 Å². The highest BCUT2D eigenvalue weighted by Crippen LogP contribution is 2.21. The van der Waals surface area contributed by atoms with Crippen LogP contribution < -0.4 is 5.32 Å². The van der Waals surface area contributed by atoms with E-state index in [1.807, 2.05) is 18.2 Å². The first kappa shape index (κ1) is 15.3. The molecule has 2 aromatic carbocycles. The summed E-state index contributed by atoms with van der Waals surface area (Å²) in [5.74, 6) is -0.165. The van der Waals surface area contributed by atoms with Gasteiger partial charge in [0, 0.05) is 16.6 Å². The molecule has 0 aliphatic heterocycles. The molecule has 2 rings (SSSR count). The number of hydrogen-bond donors (Lipinski definition) is 1. The van der Waals surface area contributed by atoms with Gasteiger partial charge in [0.05, 0.1) is 0 Å². The third-order valence-electron chi connectivity index (χ3n) is 3.14. The molecule has 4 heteroatoms. The first-order valence-electron chi connectivity index (χ1n) is 6.46. The Kier molecular flexibility index (Phi) is 5.41. The van der Waals surface area contributed by atoms with Crippen LogP contribution >= 0.6 is 23.2 Å². The lowest BCUT2D eigenvalue weighted by molar-refractivity contribution is 0.615. The third-order valence-corrected chi connectivity index (χ3v) is 3.72. The zero-order valence-electron chi connectivity index (χ0n) is 11.2. The van der Waals surface area contributed by atoms with E-state index in [1.54, 1.807) is 19.1 Å². The summed E-state index contributed by atoms with van der Waals surface area (Å²) in [4.78, 5) is 0. The molecule has 0 unspecified atom stereocenters. The second-order valence-electron chi connectivity index (χ2n) is 4.75. The Morgan fingerprint density at radius 2 is 1.90 bits per heavy atom. The second-order valence-corrected chi connectivity index (χ2v) is 5.59. The van der Waals surface area contributed by atoms with Crippen molar-refractivity contribution in [3.05, 3.63) is 69.0 Å². The number of nitrogens with one attached hydrogen (secondary N) is 1. The molecule has 0 amide bonds. The molecule has 2 aromatic rings. The summed E-state index contributed by atoms with van der Waals surface area (Å²) in [6, 6.07) is 10.7. The number of aryl methyl sites for hydroxylation is 1. The molecule has 0 aromatic heterocycles. The zero-order valence-corrected chi connectivity index (χ0v) is 12.7. The van der Waals surface area contributed by atoms with E-state index in [2.05, 4.69) is 5.32 Å². The summed E-state index contributed by atoms with van der Waals surface area (Å²) in [6.45, 7) is 3.29. The minimum atomic E-state index is -0.165. The molecular formula is C16H16Cl2FN. The lowest BCUT2D eigenvalue weighted by Gasteiger charge is -2.08. The van der Waals surface area contributed by atoms with Gasteiger partial charge in [-0.15, -0.1) is 0 Å². The number of benzene rings is 2. The predicted octanol–water partition coefficient (Wildman–Crippen LogP) is 4.77. The Hall–Kier alpha value is -1.09. The fraction of sp³-hybridized carbons (Fsp3) is 0.250. The second kappa shape index (κ2) is 7.07. The van der Waals surface area contributed by atoms with Gasteiger partial charge < -0.3 is 5.32 Å². The fourth-order valence-electron chi connectivity index (χ4n) is 2.00. The minimum Gasteiger partial charge on any atom is -0.312 e. The van der Waals surface area contributed by atoms with Crippen LogP contribution in [0.1, 0.15) is 16.7 Å². The highest BCUT2D eigenvalue weighted by molar-refractivity contribution is 6.35. The Morgan fingerprint density at radius 1 is 1.10 bits per heavy atom. The summed E-state index contributed by atoms with van der Waals surface area (Å²) in [6.07, 6.45) is 0.830. The van der Waals surface area contributed by atoms with Gasteiger partial charge in [-0.05, 0) is 54.8 Å². The minimum absolute atomic E-state index is 0.165. The van der Waals surface area contributed by atoms with E-state index in [9.17, 15) is 4.39 Å². The van der Waals surface area contributed by atoms with Crippen LogP contribution in [0.2, 0.25) is 10.0 Å². The van der Waals surface area contributed by atoms with Crippen molar-refractivity contribution in [3.8, 4) is 0 Å². The Balaban J connectivity index is 1.82. The lowest BCUT2D eigenvalue weighted by Crippen LogP contribution is -2.17. The van der Waals surface area contributed by atoms with E-state index in [0.717, 1.165) is 24.1 Å². The van der Waals surface area contributed by atoms with Crippen molar-refractivity contribution in [2.24, 2.45) is 0 Å². The van der Waals surface area contributed by atoms with Crippen LogP contribution in [0.3, 0.4) is 0 Å². The molecule has 0 aliphatic carbocycles. The smallest absolute Gasteiger partial charge is 0.126 e. The van der Waals surface area contributed by atoms with E-state index in [4.69, 9.17) is 23.2 Å². The van der Waals surface area contributed by atoms with Gasteiger partial charge in [-0.3, -0.25) is 0 Å². The maximum atomic E-state index is 13.1. The molecule has 0 heterocycles. The molecule has 0 saturated carbocycles. The Bertz CT molecular complexity index is 599. The molecule has 1 N–H and O–H groups in total. The summed E-state index contributed by atoms with van der Waals surface area (Å²) < 4.78 is 13.1. The van der Waals surface area contributed by atoms with Crippen molar-refractivity contribution in [3.63, 3.8) is 0 Å². The predicted molar refractivity (Wildman–Crippen MR) is 83.0 cm³/mol. The van der Waals surface area contributed by atoms with E-state index in [-0.39, 0.29) is 5.82 Å². The SMILES string of the molecule is Cc1cc(CNCCc2ccc(Cl)cc2Cl)ccc1F. The van der Waals surface area contributed by atoms with Gasteiger partial charge in [0.25, 0.3) is 0 Å². The first-order chi connectivity index (χ1) is 9.56. The molecule has 0 aliphatic rings. The lowest BCUT2D eigenvalue weighted by atomic mass is 10.1. The fourth-order valence-corrected chi connectivity index (χ4v) is 2.50. The van der Waals surface area contributed by atoms with Crippen LogP contribution in [0.5, 0.6) is 0 Å². The molecule has 0 saturated heterocycles. The monoisotopic (exact) mass is 311 g/mol. The van der Waals surface area contributed by atoms with Crippen molar-refractivity contribution >= 4 is 23.2 Å². The molecule has 0 spiro atoms. The normalized spacial score (nSPS) is 10.8. The maximum absolute atomic E-state index is 13.1. The number of rotatable bonds is 5. The molecule has 0 atom stereocenters. The molecular weight excluding hydrogens is 296 g/mol. The summed E-state index contributed by atoms with van der Waals surface area (Å²) in [5.41, 5.74) is 2.81. The van der Waals surface area contributed by atoms with Crippen LogP contribution in [0.15, 0.2) is 36.4 Å².